The largest absolute Gasteiger partial charge is 0.466 e. The molecule has 0 N–H and O–H groups in total. The first-order valence-electron chi connectivity index (χ1n) is 9.11. The van der Waals surface area contributed by atoms with Crippen LogP contribution in [0.2, 0.25) is 0 Å². The Morgan fingerprint density at radius 1 is 0.935 bits per heavy atom. The van der Waals surface area contributed by atoms with Gasteiger partial charge in [0.25, 0.3) is 0 Å². The highest BCUT2D eigenvalue weighted by Crippen LogP contribution is 2.28. The van der Waals surface area contributed by atoms with E-state index in [9.17, 15) is 24.0 Å². The van der Waals surface area contributed by atoms with E-state index in [-0.39, 0.29) is 18.9 Å². The molecule has 1 heterocycles. The van der Waals surface area contributed by atoms with E-state index >= 15 is 0 Å². The number of benzene rings is 1. The molecule has 1 amide bonds. The molecule has 0 spiro atoms. The van der Waals surface area contributed by atoms with Crippen LogP contribution in [0.3, 0.4) is 0 Å². The molecule has 1 aromatic rings. The van der Waals surface area contributed by atoms with Crippen molar-refractivity contribution in [2.45, 2.75) is 12.5 Å². The molecule has 10 heteroatoms. The fourth-order valence-electron chi connectivity index (χ4n) is 2.68. The van der Waals surface area contributed by atoms with E-state index in [0.29, 0.717) is 5.69 Å². The summed E-state index contributed by atoms with van der Waals surface area (Å²) in [6, 6.07) is 7.13. The molecule has 0 saturated heterocycles. The lowest BCUT2D eigenvalue weighted by atomic mass is 10.2. The first-order valence-corrected chi connectivity index (χ1v) is 9.11. The zero-order valence-electron chi connectivity index (χ0n) is 16.9. The second-order valence-electron chi connectivity index (χ2n) is 6.21. The number of carbonyl (C=O) groups is 5. The van der Waals surface area contributed by atoms with Crippen molar-refractivity contribution in [1.29, 1.82) is 0 Å². The van der Waals surface area contributed by atoms with Crippen molar-refractivity contribution in [3.8, 4) is 0 Å². The number of hydrogen-bond acceptors (Lipinski definition) is 9. The van der Waals surface area contributed by atoms with Crippen molar-refractivity contribution in [3.63, 3.8) is 0 Å². The van der Waals surface area contributed by atoms with Crippen LogP contribution in [-0.2, 0) is 49.3 Å². The minimum absolute atomic E-state index is 0.0817. The summed E-state index contributed by atoms with van der Waals surface area (Å²) in [4.78, 5) is 59.9. The van der Waals surface area contributed by atoms with Crippen LogP contribution in [0.25, 0.3) is 0 Å². The number of esters is 4. The summed E-state index contributed by atoms with van der Waals surface area (Å²) < 4.78 is 19.0. The lowest BCUT2D eigenvalue weighted by Gasteiger charge is -2.24. The third-order valence-corrected chi connectivity index (χ3v) is 4.12. The van der Waals surface area contributed by atoms with Gasteiger partial charge in [-0.25, -0.2) is 19.2 Å². The molecule has 1 aromatic carbocycles. The maximum atomic E-state index is 12.4. The Kier molecular flexibility index (Phi) is 8.50. The maximum absolute atomic E-state index is 12.4. The standard InChI is InChI=1S/C21H21NO9/c1-28-18(24)7-9-20(26)30-13-15(31-21(27)10-8-19(25)29-2)12-22-16-6-4-3-5-14(16)11-17(22)23/h3-10,15H,11-13H2,1-2H3/b9-7+,10-8+. The monoisotopic (exact) mass is 431 g/mol. The Bertz CT molecular complexity index is 919. The van der Waals surface area contributed by atoms with Gasteiger partial charge >= 0.3 is 23.9 Å². The molecule has 31 heavy (non-hydrogen) atoms. The summed E-state index contributed by atoms with van der Waals surface area (Å²) in [5.74, 6) is -3.46. The van der Waals surface area contributed by atoms with Gasteiger partial charge in [-0.2, -0.15) is 0 Å². The van der Waals surface area contributed by atoms with E-state index in [4.69, 9.17) is 9.47 Å². The fraction of sp³-hybridized carbons (Fsp3) is 0.286. The van der Waals surface area contributed by atoms with Crippen LogP contribution in [0, 0.1) is 0 Å². The number of methoxy groups -OCH3 is 2. The van der Waals surface area contributed by atoms with E-state index in [1.165, 1.54) is 4.90 Å². The first-order chi connectivity index (χ1) is 14.8. The molecule has 1 atom stereocenters. The molecular formula is C21H21NO9. The molecule has 1 unspecified atom stereocenters. The quantitative estimate of drug-likeness (QED) is 0.312. The van der Waals surface area contributed by atoms with Crippen molar-refractivity contribution in [2.75, 3.05) is 32.3 Å². The third-order valence-electron chi connectivity index (χ3n) is 4.12. The Hall–Kier alpha value is -3.95. The molecule has 0 radical (unpaired) electrons. The highest BCUT2D eigenvalue weighted by molar-refractivity contribution is 6.01. The molecule has 0 aromatic heterocycles. The van der Waals surface area contributed by atoms with Gasteiger partial charge in [-0.15, -0.1) is 0 Å². The fourth-order valence-corrected chi connectivity index (χ4v) is 2.68. The molecule has 1 aliphatic rings. The Morgan fingerprint density at radius 3 is 2.16 bits per heavy atom. The summed E-state index contributed by atoms with van der Waals surface area (Å²) in [5.41, 5.74) is 1.48. The van der Waals surface area contributed by atoms with E-state index in [1.807, 2.05) is 6.07 Å². The van der Waals surface area contributed by atoms with Gasteiger partial charge in [0, 0.05) is 30.0 Å². The van der Waals surface area contributed by atoms with Gasteiger partial charge in [-0.05, 0) is 11.6 Å². The number of rotatable bonds is 9. The lowest BCUT2D eigenvalue weighted by Crippen LogP contribution is -2.39. The zero-order valence-corrected chi connectivity index (χ0v) is 16.9. The van der Waals surface area contributed by atoms with Gasteiger partial charge in [-0.1, -0.05) is 18.2 Å². The molecular weight excluding hydrogens is 410 g/mol. The Labute approximate surface area is 178 Å². The van der Waals surface area contributed by atoms with Crippen LogP contribution in [0.4, 0.5) is 5.69 Å². The van der Waals surface area contributed by atoms with Crippen molar-refractivity contribution in [2.24, 2.45) is 0 Å². The number of para-hydroxylation sites is 1. The molecule has 0 fully saturated rings. The minimum Gasteiger partial charge on any atom is -0.466 e. The van der Waals surface area contributed by atoms with E-state index in [0.717, 1.165) is 44.1 Å². The van der Waals surface area contributed by atoms with Gasteiger partial charge in [0.05, 0.1) is 27.2 Å². The number of anilines is 1. The lowest BCUT2D eigenvalue weighted by molar-refractivity contribution is -0.152. The van der Waals surface area contributed by atoms with Crippen LogP contribution >= 0.6 is 0 Å². The molecule has 0 saturated carbocycles. The number of ether oxygens (including phenoxy) is 4. The summed E-state index contributed by atoms with van der Waals surface area (Å²) in [6.45, 7) is -0.476. The van der Waals surface area contributed by atoms with Gasteiger partial charge < -0.3 is 23.8 Å². The number of hydrogen-bond donors (Lipinski definition) is 0. The summed E-state index contributed by atoms with van der Waals surface area (Å²) in [7, 11) is 2.30. The van der Waals surface area contributed by atoms with Crippen molar-refractivity contribution in [1.82, 2.24) is 0 Å². The zero-order chi connectivity index (χ0) is 22.8. The van der Waals surface area contributed by atoms with Gasteiger partial charge in [0.2, 0.25) is 5.91 Å². The summed E-state index contributed by atoms with van der Waals surface area (Å²) in [5, 5.41) is 0. The molecule has 0 bridgehead atoms. The van der Waals surface area contributed by atoms with Crippen LogP contribution in [-0.4, -0.2) is 63.3 Å². The normalized spacial score (nSPS) is 13.7. The molecule has 1 aliphatic heterocycles. The third kappa shape index (κ3) is 7.11. The van der Waals surface area contributed by atoms with Crippen molar-refractivity contribution >= 4 is 35.5 Å². The van der Waals surface area contributed by atoms with E-state index in [2.05, 4.69) is 9.47 Å². The van der Waals surface area contributed by atoms with E-state index < -0.39 is 36.6 Å². The summed E-state index contributed by atoms with van der Waals surface area (Å²) >= 11 is 0. The second kappa shape index (κ2) is 11.3. The van der Waals surface area contributed by atoms with Crippen LogP contribution in [0.1, 0.15) is 5.56 Å². The molecule has 2 rings (SSSR count). The predicted molar refractivity (Wildman–Crippen MR) is 106 cm³/mol. The molecule has 164 valence electrons. The maximum Gasteiger partial charge on any atom is 0.331 e. The number of nitrogens with zero attached hydrogens (tertiary/aromatic N) is 1. The minimum atomic E-state index is -1.04. The number of fused-ring (bicyclic) bond motifs is 1. The SMILES string of the molecule is COC(=O)/C=C/C(=O)OCC(CN1C(=O)Cc2ccccc21)OC(=O)/C=C/C(=O)OC. The first kappa shape index (κ1) is 23.3. The van der Waals surface area contributed by atoms with Crippen LogP contribution < -0.4 is 4.90 Å². The van der Waals surface area contributed by atoms with Gasteiger partial charge in [0.15, 0.2) is 6.10 Å². The van der Waals surface area contributed by atoms with E-state index in [1.54, 1.807) is 18.2 Å². The highest BCUT2D eigenvalue weighted by Gasteiger charge is 2.30. The van der Waals surface area contributed by atoms with Gasteiger partial charge in [-0.3, -0.25) is 4.79 Å². The average Bonchev–Trinajstić information content (AvgIpc) is 3.08. The Morgan fingerprint density at radius 2 is 1.52 bits per heavy atom. The Balaban J connectivity index is 2.09. The summed E-state index contributed by atoms with van der Waals surface area (Å²) in [6.07, 6.45) is 2.63. The predicted octanol–water partition coefficient (Wildman–Crippen LogP) is 0.489. The average molecular weight is 431 g/mol. The van der Waals surface area contributed by atoms with Crippen LogP contribution in [0.5, 0.6) is 0 Å². The van der Waals surface area contributed by atoms with Crippen molar-refractivity contribution in [3.05, 3.63) is 54.1 Å². The van der Waals surface area contributed by atoms with Crippen molar-refractivity contribution < 1.29 is 42.9 Å². The molecule has 0 aliphatic carbocycles. The van der Waals surface area contributed by atoms with Gasteiger partial charge in [0.1, 0.15) is 6.61 Å². The highest BCUT2D eigenvalue weighted by atomic mass is 16.6. The van der Waals surface area contributed by atoms with Crippen LogP contribution in [0.15, 0.2) is 48.6 Å². The second-order valence-corrected chi connectivity index (χ2v) is 6.21. The smallest absolute Gasteiger partial charge is 0.331 e. The molecule has 10 nitrogen and oxygen atoms in total. The number of carbonyl (C=O) groups excluding carboxylic acids is 5. The number of amides is 1. The topological polar surface area (TPSA) is 126 Å².